The average molecular weight is 269 g/mol. The SMILES string of the molecule is O=C(O)CNC(=O)c1cccc([N+](=O)[O-])c1[N+](=O)[O-]. The lowest BCUT2D eigenvalue weighted by atomic mass is 10.1. The normalized spacial score (nSPS) is 9.68. The van der Waals surface area contributed by atoms with Gasteiger partial charge in [0.05, 0.1) is 9.85 Å². The minimum Gasteiger partial charge on any atom is -0.480 e. The molecule has 1 amide bonds. The Morgan fingerprint density at radius 3 is 2.32 bits per heavy atom. The quantitative estimate of drug-likeness (QED) is 0.576. The van der Waals surface area contributed by atoms with Crippen LogP contribution in [0.15, 0.2) is 18.2 Å². The number of amides is 1. The van der Waals surface area contributed by atoms with Crippen LogP contribution in [0.1, 0.15) is 10.4 Å². The average Bonchev–Trinajstić information content (AvgIpc) is 2.34. The van der Waals surface area contributed by atoms with Crippen molar-refractivity contribution in [2.24, 2.45) is 0 Å². The summed E-state index contributed by atoms with van der Waals surface area (Å²) in [6.07, 6.45) is 0. The van der Waals surface area contributed by atoms with E-state index in [4.69, 9.17) is 5.11 Å². The van der Waals surface area contributed by atoms with E-state index in [1.165, 1.54) is 0 Å². The minimum atomic E-state index is -1.35. The van der Waals surface area contributed by atoms with Gasteiger partial charge in [0.2, 0.25) is 0 Å². The van der Waals surface area contributed by atoms with Gasteiger partial charge in [-0.3, -0.25) is 29.8 Å². The molecule has 0 heterocycles. The Kier molecular flexibility index (Phi) is 4.08. The molecule has 1 rings (SSSR count). The zero-order valence-electron chi connectivity index (χ0n) is 9.23. The molecule has 0 spiro atoms. The summed E-state index contributed by atoms with van der Waals surface area (Å²) in [5.74, 6) is -2.42. The standard InChI is InChI=1S/C9H7N3O7/c13-7(14)4-10-9(15)5-2-1-3-6(11(16)17)8(5)12(18)19/h1-3H,4H2,(H,10,15)(H,13,14). The van der Waals surface area contributed by atoms with Crippen LogP contribution in [0, 0.1) is 20.2 Å². The Balaban J connectivity index is 3.23. The number of nitro groups is 2. The van der Waals surface area contributed by atoms with E-state index in [0.717, 1.165) is 18.2 Å². The summed E-state index contributed by atoms with van der Waals surface area (Å²) < 4.78 is 0. The van der Waals surface area contributed by atoms with Crippen LogP contribution in [-0.4, -0.2) is 33.4 Å². The number of hydrogen-bond donors (Lipinski definition) is 2. The molecule has 0 aliphatic rings. The molecule has 0 aromatic heterocycles. The summed E-state index contributed by atoms with van der Waals surface area (Å²) in [6.45, 7) is -0.751. The molecule has 0 aliphatic heterocycles. The van der Waals surface area contributed by atoms with Gasteiger partial charge in [-0.2, -0.15) is 0 Å². The van der Waals surface area contributed by atoms with Crippen molar-refractivity contribution in [3.63, 3.8) is 0 Å². The maximum atomic E-state index is 11.5. The number of aliphatic carboxylic acids is 1. The molecule has 0 bridgehead atoms. The van der Waals surface area contributed by atoms with Gasteiger partial charge in [-0.05, 0) is 6.07 Å². The van der Waals surface area contributed by atoms with Crippen molar-refractivity contribution in [1.29, 1.82) is 0 Å². The lowest BCUT2D eigenvalue weighted by molar-refractivity contribution is -0.422. The molecule has 0 saturated carbocycles. The monoisotopic (exact) mass is 269 g/mol. The highest BCUT2D eigenvalue weighted by Gasteiger charge is 2.31. The second-order valence-corrected chi connectivity index (χ2v) is 3.26. The van der Waals surface area contributed by atoms with Crippen molar-refractivity contribution in [1.82, 2.24) is 5.32 Å². The molecule has 0 saturated heterocycles. The van der Waals surface area contributed by atoms with E-state index < -0.39 is 45.2 Å². The van der Waals surface area contributed by atoms with Crippen LogP contribution >= 0.6 is 0 Å². The van der Waals surface area contributed by atoms with Crippen LogP contribution in [0.3, 0.4) is 0 Å². The summed E-state index contributed by atoms with van der Waals surface area (Å²) in [6, 6.07) is 2.98. The Bertz CT molecular complexity index is 569. The number of carbonyl (C=O) groups excluding carboxylic acids is 1. The van der Waals surface area contributed by atoms with Crippen LogP contribution in [0.25, 0.3) is 0 Å². The lowest BCUT2D eigenvalue weighted by Crippen LogP contribution is -2.29. The summed E-state index contributed by atoms with van der Waals surface area (Å²) in [5, 5.41) is 31.7. The number of benzene rings is 1. The summed E-state index contributed by atoms with van der Waals surface area (Å²) in [4.78, 5) is 41.2. The number of carboxylic acid groups (broad SMARTS) is 1. The van der Waals surface area contributed by atoms with Crippen molar-refractivity contribution < 1.29 is 24.5 Å². The van der Waals surface area contributed by atoms with E-state index in [1.54, 1.807) is 0 Å². The van der Waals surface area contributed by atoms with Gasteiger partial charge in [0.1, 0.15) is 12.1 Å². The summed E-state index contributed by atoms with van der Waals surface area (Å²) in [7, 11) is 0. The van der Waals surface area contributed by atoms with Crippen molar-refractivity contribution in [3.05, 3.63) is 44.0 Å². The number of carbonyl (C=O) groups is 2. The van der Waals surface area contributed by atoms with Crippen LogP contribution in [0.4, 0.5) is 11.4 Å². The van der Waals surface area contributed by atoms with E-state index >= 15 is 0 Å². The fourth-order valence-corrected chi connectivity index (χ4v) is 1.30. The maximum Gasteiger partial charge on any atom is 0.358 e. The van der Waals surface area contributed by atoms with E-state index in [9.17, 15) is 29.8 Å². The first-order chi connectivity index (χ1) is 8.84. The summed E-state index contributed by atoms with van der Waals surface area (Å²) >= 11 is 0. The lowest BCUT2D eigenvalue weighted by Gasteiger charge is -2.03. The molecule has 0 radical (unpaired) electrons. The zero-order chi connectivity index (χ0) is 14.6. The highest BCUT2D eigenvalue weighted by molar-refractivity contribution is 6.00. The molecular formula is C9H7N3O7. The topological polar surface area (TPSA) is 153 Å². The molecule has 10 heteroatoms. The van der Waals surface area contributed by atoms with Gasteiger partial charge >= 0.3 is 17.3 Å². The predicted molar refractivity (Wildman–Crippen MR) is 59.7 cm³/mol. The number of carboxylic acids is 1. The van der Waals surface area contributed by atoms with Gasteiger partial charge in [0.25, 0.3) is 5.91 Å². The highest BCUT2D eigenvalue weighted by Crippen LogP contribution is 2.30. The second-order valence-electron chi connectivity index (χ2n) is 3.26. The van der Waals surface area contributed by atoms with Gasteiger partial charge in [-0.1, -0.05) is 6.07 Å². The van der Waals surface area contributed by atoms with Crippen LogP contribution in [0.2, 0.25) is 0 Å². The molecule has 0 fully saturated rings. The van der Waals surface area contributed by atoms with E-state index in [1.807, 2.05) is 5.32 Å². The molecule has 19 heavy (non-hydrogen) atoms. The third kappa shape index (κ3) is 3.21. The van der Waals surface area contributed by atoms with Gasteiger partial charge in [0, 0.05) is 6.07 Å². The van der Waals surface area contributed by atoms with Crippen molar-refractivity contribution in [3.8, 4) is 0 Å². The van der Waals surface area contributed by atoms with Gasteiger partial charge < -0.3 is 10.4 Å². The molecule has 1 aromatic carbocycles. The maximum absolute atomic E-state index is 11.5. The van der Waals surface area contributed by atoms with Crippen molar-refractivity contribution >= 4 is 23.3 Å². The first-order valence-corrected chi connectivity index (χ1v) is 4.76. The first-order valence-electron chi connectivity index (χ1n) is 4.76. The van der Waals surface area contributed by atoms with Crippen LogP contribution in [0.5, 0.6) is 0 Å². The number of para-hydroxylation sites is 1. The molecule has 1 aromatic rings. The molecule has 10 nitrogen and oxygen atoms in total. The molecule has 2 N–H and O–H groups in total. The third-order valence-electron chi connectivity index (χ3n) is 2.04. The van der Waals surface area contributed by atoms with E-state index in [2.05, 4.69) is 0 Å². The highest BCUT2D eigenvalue weighted by atomic mass is 16.6. The number of nitrogens with one attached hydrogen (secondary N) is 1. The number of hydrogen-bond acceptors (Lipinski definition) is 6. The van der Waals surface area contributed by atoms with Gasteiger partial charge in [0.15, 0.2) is 0 Å². The van der Waals surface area contributed by atoms with Crippen molar-refractivity contribution in [2.45, 2.75) is 0 Å². The number of nitro benzene ring substituents is 2. The van der Waals surface area contributed by atoms with E-state index in [0.29, 0.717) is 0 Å². The molecule has 0 unspecified atom stereocenters. The first kappa shape index (κ1) is 14.0. The Morgan fingerprint density at radius 1 is 1.21 bits per heavy atom. The van der Waals surface area contributed by atoms with Crippen molar-refractivity contribution in [2.75, 3.05) is 6.54 Å². The fraction of sp³-hybridized carbons (Fsp3) is 0.111. The summed E-state index contributed by atoms with van der Waals surface area (Å²) in [5.41, 5.74) is -2.39. The van der Waals surface area contributed by atoms with Crippen LogP contribution in [-0.2, 0) is 4.79 Å². The number of nitrogens with zero attached hydrogens (tertiary/aromatic N) is 2. The molecular weight excluding hydrogens is 262 g/mol. The molecule has 0 atom stereocenters. The minimum absolute atomic E-state index is 0.569. The van der Waals surface area contributed by atoms with Gasteiger partial charge in [-0.15, -0.1) is 0 Å². The molecule has 100 valence electrons. The predicted octanol–water partition coefficient (Wildman–Crippen LogP) is 0.317. The Morgan fingerprint density at radius 2 is 1.84 bits per heavy atom. The fourth-order valence-electron chi connectivity index (χ4n) is 1.30. The van der Waals surface area contributed by atoms with Crippen LogP contribution < -0.4 is 5.32 Å². The van der Waals surface area contributed by atoms with Gasteiger partial charge in [-0.25, -0.2) is 0 Å². The van der Waals surface area contributed by atoms with E-state index in [-0.39, 0.29) is 0 Å². The third-order valence-corrected chi connectivity index (χ3v) is 2.04. The Hall–Kier alpha value is -3.04. The molecule has 0 aliphatic carbocycles. The number of rotatable bonds is 5. The largest absolute Gasteiger partial charge is 0.480 e. The smallest absolute Gasteiger partial charge is 0.358 e. The second kappa shape index (κ2) is 5.53. The Labute approximate surface area is 104 Å². The zero-order valence-corrected chi connectivity index (χ0v) is 9.23.